The number of aromatic nitrogens is 2. The summed E-state index contributed by atoms with van der Waals surface area (Å²) in [7, 11) is 1.64. The summed E-state index contributed by atoms with van der Waals surface area (Å²) >= 11 is 3.43. The van der Waals surface area contributed by atoms with Crippen LogP contribution in [0.1, 0.15) is 12.6 Å². The van der Waals surface area contributed by atoms with Gasteiger partial charge in [0.05, 0.1) is 11.6 Å². The van der Waals surface area contributed by atoms with E-state index in [1.165, 1.54) is 0 Å². The van der Waals surface area contributed by atoms with Gasteiger partial charge in [0.15, 0.2) is 0 Å². The molecule has 5 nitrogen and oxygen atoms in total. The molecule has 0 spiro atoms. The summed E-state index contributed by atoms with van der Waals surface area (Å²) in [5.41, 5.74) is 1.81. The third-order valence-electron chi connectivity index (χ3n) is 2.61. The number of rotatable bonds is 5. The maximum atomic E-state index is 5.28. The molecule has 0 fully saturated rings. The van der Waals surface area contributed by atoms with Crippen LogP contribution < -0.4 is 15.4 Å². The van der Waals surface area contributed by atoms with Gasteiger partial charge < -0.3 is 15.4 Å². The SMILES string of the molecule is CCNc1nc(C)cc(Nc2ccc(Br)c(OC)c2)n1. The Balaban J connectivity index is 2.25. The van der Waals surface area contributed by atoms with Gasteiger partial charge in [-0.1, -0.05) is 0 Å². The molecule has 0 aliphatic rings. The van der Waals surface area contributed by atoms with Crippen molar-refractivity contribution in [2.75, 3.05) is 24.3 Å². The summed E-state index contributed by atoms with van der Waals surface area (Å²) in [4.78, 5) is 8.73. The Bertz CT molecular complexity index is 604. The van der Waals surface area contributed by atoms with E-state index in [0.29, 0.717) is 5.95 Å². The van der Waals surface area contributed by atoms with Crippen LogP contribution in [0.15, 0.2) is 28.7 Å². The molecule has 20 heavy (non-hydrogen) atoms. The Hall–Kier alpha value is -1.82. The fourth-order valence-electron chi connectivity index (χ4n) is 1.76. The largest absolute Gasteiger partial charge is 0.495 e. The summed E-state index contributed by atoms with van der Waals surface area (Å²) in [6, 6.07) is 7.70. The van der Waals surface area contributed by atoms with Gasteiger partial charge in [-0.2, -0.15) is 4.98 Å². The van der Waals surface area contributed by atoms with E-state index in [2.05, 4.69) is 36.5 Å². The molecule has 1 aromatic heterocycles. The summed E-state index contributed by atoms with van der Waals surface area (Å²) in [6.45, 7) is 4.74. The summed E-state index contributed by atoms with van der Waals surface area (Å²) in [5, 5.41) is 6.37. The first-order valence-electron chi connectivity index (χ1n) is 6.32. The highest BCUT2D eigenvalue weighted by Crippen LogP contribution is 2.29. The van der Waals surface area contributed by atoms with Crippen molar-refractivity contribution in [2.45, 2.75) is 13.8 Å². The van der Waals surface area contributed by atoms with E-state index in [1.54, 1.807) is 7.11 Å². The fraction of sp³-hybridized carbons (Fsp3) is 0.286. The first kappa shape index (κ1) is 14.6. The molecule has 0 bridgehead atoms. The number of nitrogens with one attached hydrogen (secondary N) is 2. The van der Waals surface area contributed by atoms with Crippen molar-refractivity contribution in [3.8, 4) is 5.75 Å². The Morgan fingerprint density at radius 3 is 2.75 bits per heavy atom. The molecule has 2 aromatic rings. The number of anilines is 3. The number of hydrogen-bond donors (Lipinski definition) is 2. The van der Waals surface area contributed by atoms with Gasteiger partial charge in [0.2, 0.25) is 5.95 Å². The topological polar surface area (TPSA) is 59.1 Å². The van der Waals surface area contributed by atoms with Crippen molar-refractivity contribution in [1.29, 1.82) is 0 Å². The summed E-state index contributed by atoms with van der Waals surface area (Å²) < 4.78 is 6.19. The lowest BCUT2D eigenvalue weighted by molar-refractivity contribution is 0.412. The zero-order valence-electron chi connectivity index (χ0n) is 11.7. The molecule has 0 saturated heterocycles. The molecular weight excluding hydrogens is 320 g/mol. The van der Waals surface area contributed by atoms with Crippen LogP contribution >= 0.6 is 15.9 Å². The van der Waals surface area contributed by atoms with E-state index in [-0.39, 0.29) is 0 Å². The molecule has 6 heteroatoms. The minimum absolute atomic E-state index is 0.624. The fourth-order valence-corrected chi connectivity index (χ4v) is 2.16. The quantitative estimate of drug-likeness (QED) is 0.871. The molecule has 0 radical (unpaired) electrons. The highest BCUT2D eigenvalue weighted by Gasteiger charge is 2.05. The van der Waals surface area contributed by atoms with Crippen LogP contribution in [-0.2, 0) is 0 Å². The molecular formula is C14H17BrN4O. The monoisotopic (exact) mass is 336 g/mol. The Morgan fingerprint density at radius 2 is 2.05 bits per heavy atom. The molecule has 2 rings (SSSR count). The molecule has 0 saturated carbocycles. The average Bonchev–Trinajstić information content (AvgIpc) is 2.40. The van der Waals surface area contributed by atoms with E-state index in [1.807, 2.05) is 38.1 Å². The maximum absolute atomic E-state index is 5.28. The highest BCUT2D eigenvalue weighted by atomic mass is 79.9. The summed E-state index contributed by atoms with van der Waals surface area (Å²) in [6.07, 6.45) is 0. The van der Waals surface area contributed by atoms with Gasteiger partial charge in [0.25, 0.3) is 0 Å². The van der Waals surface area contributed by atoms with Crippen molar-refractivity contribution in [3.63, 3.8) is 0 Å². The average molecular weight is 337 g/mol. The minimum atomic E-state index is 0.624. The van der Waals surface area contributed by atoms with Crippen LogP contribution in [0.2, 0.25) is 0 Å². The number of nitrogens with zero attached hydrogens (tertiary/aromatic N) is 2. The first-order valence-corrected chi connectivity index (χ1v) is 7.11. The van der Waals surface area contributed by atoms with Crippen molar-refractivity contribution in [2.24, 2.45) is 0 Å². The number of ether oxygens (including phenoxy) is 1. The van der Waals surface area contributed by atoms with E-state index in [4.69, 9.17) is 4.74 Å². The molecule has 2 N–H and O–H groups in total. The third-order valence-corrected chi connectivity index (χ3v) is 3.27. The molecule has 0 aliphatic heterocycles. The van der Waals surface area contributed by atoms with Crippen LogP contribution in [0.4, 0.5) is 17.5 Å². The second-order valence-corrected chi connectivity index (χ2v) is 5.08. The first-order chi connectivity index (χ1) is 9.62. The maximum Gasteiger partial charge on any atom is 0.224 e. The number of benzene rings is 1. The predicted molar refractivity (Wildman–Crippen MR) is 84.9 cm³/mol. The van der Waals surface area contributed by atoms with E-state index >= 15 is 0 Å². The number of aryl methyl sites for hydroxylation is 1. The normalized spacial score (nSPS) is 10.2. The van der Waals surface area contributed by atoms with Gasteiger partial charge in [-0.25, -0.2) is 4.98 Å². The predicted octanol–water partition coefficient (Wildman–Crippen LogP) is 3.73. The number of halogens is 1. The molecule has 1 aromatic carbocycles. The van der Waals surface area contributed by atoms with Crippen LogP contribution in [0.5, 0.6) is 5.75 Å². The van der Waals surface area contributed by atoms with Gasteiger partial charge in [-0.15, -0.1) is 0 Å². The molecule has 0 atom stereocenters. The lowest BCUT2D eigenvalue weighted by atomic mass is 10.3. The molecule has 0 aliphatic carbocycles. The standard InChI is InChI=1S/C14H17BrN4O/c1-4-16-14-17-9(2)7-13(19-14)18-10-5-6-11(15)12(8-10)20-3/h5-8H,4H2,1-3H3,(H2,16,17,18,19). The lowest BCUT2D eigenvalue weighted by Gasteiger charge is -2.10. The van der Waals surface area contributed by atoms with E-state index < -0.39 is 0 Å². The Kier molecular flexibility index (Phi) is 4.79. The van der Waals surface area contributed by atoms with Gasteiger partial charge >= 0.3 is 0 Å². The second kappa shape index (κ2) is 6.56. The molecule has 1 heterocycles. The van der Waals surface area contributed by atoms with Gasteiger partial charge in [0, 0.05) is 30.1 Å². The smallest absolute Gasteiger partial charge is 0.224 e. The van der Waals surface area contributed by atoms with E-state index in [0.717, 1.165) is 34.0 Å². The number of methoxy groups -OCH3 is 1. The van der Waals surface area contributed by atoms with Crippen molar-refractivity contribution in [1.82, 2.24) is 9.97 Å². The molecule has 0 amide bonds. The van der Waals surface area contributed by atoms with E-state index in [9.17, 15) is 0 Å². The van der Waals surface area contributed by atoms with Crippen molar-refractivity contribution < 1.29 is 4.74 Å². The Labute approximate surface area is 126 Å². The van der Waals surface area contributed by atoms with Crippen LogP contribution in [0.25, 0.3) is 0 Å². The van der Waals surface area contributed by atoms with Crippen LogP contribution in [0.3, 0.4) is 0 Å². The lowest BCUT2D eigenvalue weighted by Crippen LogP contribution is -2.05. The minimum Gasteiger partial charge on any atom is -0.495 e. The molecule has 106 valence electrons. The second-order valence-electron chi connectivity index (χ2n) is 4.22. The van der Waals surface area contributed by atoms with Gasteiger partial charge in [0.1, 0.15) is 11.6 Å². The number of hydrogen-bond acceptors (Lipinski definition) is 5. The zero-order valence-corrected chi connectivity index (χ0v) is 13.3. The highest BCUT2D eigenvalue weighted by molar-refractivity contribution is 9.10. The van der Waals surface area contributed by atoms with Crippen molar-refractivity contribution in [3.05, 3.63) is 34.4 Å². The van der Waals surface area contributed by atoms with Gasteiger partial charge in [-0.3, -0.25) is 0 Å². The zero-order chi connectivity index (χ0) is 14.5. The van der Waals surface area contributed by atoms with Gasteiger partial charge in [-0.05, 0) is 41.9 Å². The van der Waals surface area contributed by atoms with Crippen LogP contribution in [0, 0.1) is 6.92 Å². The summed E-state index contributed by atoms with van der Waals surface area (Å²) in [5.74, 6) is 2.14. The molecule has 0 unspecified atom stereocenters. The Morgan fingerprint density at radius 1 is 1.25 bits per heavy atom. The third kappa shape index (κ3) is 3.60. The van der Waals surface area contributed by atoms with Crippen molar-refractivity contribution >= 4 is 33.4 Å². The van der Waals surface area contributed by atoms with Crippen LogP contribution in [-0.4, -0.2) is 23.6 Å².